The molecule has 378 valence electrons. The quantitative estimate of drug-likeness (QED) is 0.134. The third-order valence-electron chi connectivity index (χ3n) is 13.9. The molecule has 0 spiro atoms. The second-order valence-electron chi connectivity index (χ2n) is 18.9. The number of ether oxygens (including phenoxy) is 2. The summed E-state index contributed by atoms with van der Waals surface area (Å²) in [4.78, 5) is 70.3. The maximum atomic E-state index is 13.6. The fourth-order valence-corrected chi connectivity index (χ4v) is 9.98. The number of likely N-dealkylation sites (N-methyl/N-ethyl adjacent to an activating group) is 2. The van der Waals surface area contributed by atoms with Gasteiger partial charge in [0.2, 0.25) is 11.6 Å². The third kappa shape index (κ3) is 11.3. The van der Waals surface area contributed by atoms with Crippen molar-refractivity contribution in [1.29, 1.82) is 0 Å². The lowest BCUT2D eigenvalue weighted by atomic mass is 10.0. The molecule has 4 aliphatic rings. The summed E-state index contributed by atoms with van der Waals surface area (Å²) in [7, 11) is 3.44. The summed E-state index contributed by atoms with van der Waals surface area (Å²) >= 11 is 0. The third-order valence-corrected chi connectivity index (χ3v) is 13.9. The zero-order valence-corrected chi connectivity index (χ0v) is 40.9. The minimum Gasteiger partial charge on any atom is -0.379 e. The number of fused-ring (bicyclic) bond motifs is 2. The molecule has 0 bridgehead atoms. The first kappa shape index (κ1) is 48.5. The number of carbonyl (C=O) groups excluding carboxylic acids is 4. The molecule has 10 rings (SSSR count). The van der Waals surface area contributed by atoms with Crippen LogP contribution < -0.4 is 20.4 Å². The maximum Gasteiger partial charge on any atom is 0.291 e. The Bertz CT molecular complexity index is 2850. The predicted octanol–water partition coefficient (Wildman–Crippen LogP) is 1.96. The minimum absolute atomic E-state index is 0.00384. The minimum atomic E-state index is -0.748. The normalized spacial score (nSPS) is 19.9. The van der Waals surface area contributed by atoms with Gasteiger partial charge in [-0.15, -0.1) is 10.2 Å². The van der Waals surface area contributed by atoms with E-state index in [1.165, 1.54) is 12.7 Å². The Kier molecular flexibility index (Phi) is 14.9. The highest BCUT2D eigenvalue weighted by Gasteiger charge is 2.34. The lowest BCUT2D eigenvalue weighted by molar-refractivity contribution is -0.120. The van der Waals surface area contributed by atoms with Gasteiger partial charge in [-0.25, -0.2) is 28.7 Å². The van der Waals surface area contributed by atoms with Crippen LogP contribution in [0, 0.1) is 0 Å². The van der Waals surface area contributed by atoms with Crippen molar-refractivity contribution in [2.24, 2.45) is 0 Å². The zero-order chi connectivity index (χ0) is 49.6. The Labute approximate surface area is 417 Å². The Balaban J connectivity index is 0.689. The lowest BCUT2D eigenvalue weighted by Gasteiger charge is -2.36. The van der Waals surface area contributed by atoms with Gasteiger partial charge >= 0.3 is 0 Å². The fourth-order valence-electron chi connectivity index (χ4n) is 9.98. The molecule has 22 heteroatoms. The van der Waals surface area contributed by atoms with E-state index in [0.717, 1.165) is 106 Å². The molecule has 72 heavy (non-hydrogen) atoms. The van der Waals surface area contributed by atoms with Crippen molar-refractivity contribution < 1.29 is 28.7 Å². The van der Waals surface area contributed by atoms with E-state index >= 15 is 0 Å². The van der Waals surface area contributed by atoms with E-state index in [1.54, 1.807) is 33.3 Å². The molecule has 0 radical (unpaired) electrons. The van der Waals surface area contributed by atoms with Crippen LogP contribution in [0.2, 0.25) is 0 Å². The molecule has 0 saturated carbocycles. The summed E-state index contributed by atoms with van der Waals surface area (Å²) in [6.45, 7) is 9.07. The van der Waals surface area contributed by atoms with Gasteiger partial charge in [0.05, 0.1) is 56.9 Å². The van der Waals surface area contributed by atoms with Crippen molar-refractivity contribution in [3.8, 4) is 0 Å². The van der Waals surface area contributed by atoms with Crippen molar-refractivity contribution in [2.75, 3.05) is 83.0 Å². The van der Waals surface area contributed by atoms with Crippen molar-refractivity contribution in [1.82, 2.24) is 69.5 Å². The number of nitrogens with zero attached hydrogens (tertiary/aromatic N) is 14. The van der Waals surface area contributed by atoms with Gasteiger partial charge in [0.25, 0.3) is 23.6 Å². The van der Waals surface area contributed by atoms with Crippen LogP contribution in [-0.2, 0) is 58.1 Å². The Morgan fingerprint density at radius 1 is 0.625 bits per heavy atom. The summed E-state index contributed by atoms with van der Waals surface area (Å²) in [5.41, 5.74) is 5.00. The molecular weight excluding hydrogens is 921 g/mol. The molecule has 2 aromatic carbocycles. The van der Waals surface area contributed by atoms with Crippen LogP contribution in [0.1, 0.15) is 81.0 Å². The largest absolute Gasteiger partial charge is 0.379 e. The molecule has 4 aliphatic heterocycles. The first-order valence-corrected chi connectivity index (χ1v) is 25.0. The highest BCUT2D eigenvalue weighted by Crippen LogP contribution is 2.28. The smallest absolute Gasteiger partial charge is 0.291 e. The number of benzene rings is 2. The van der Waals surface area contributed by atoms with Crippen molar-refractivity contribution in [2.45, 2.75) is 82.8 Å². The number of rotatable bonds is 17. The molecule has 4 amide bonds. The van der Waals surface area contributed by atoms with Crippen molar-refractivity contribution in [3.63, 3.8) is 0 Å². The average Bonchev–Trinajstić information content (AvgIpc) is 4.22. The van der Waals surface area contributed by atoms with E-state index in [9.17, 15) is 19.2 Å². The van der Waals surface area contributed by atoms with Crippen LogP contribution in [0.15, 0.2) is 79.4 Å². The SMILES string of the molecule is CN1C(=O)C(NC(=O)c2ncn(Cc3cccc(C4COCCN4CCCc4cc5n(n4)CC[C@@H](NC(=O)c4ncn(Cc6ccccc6)n4)C(=O)N5C)c3)n2)CCn2nc(CCCN3CCOCC3)cc21. The van der Waals surface area contributed by atoms with Gasteiger partial charge in [-0.3, -0.25) is 38.8 Å². The van der Waals surface area contributed by atoms with Gasteiger partial charge in [0.15, 0.2) is 0 Å². The van der Waals surface area contributed by atoms with E-state index in [-0.39, 0.29) is 29.5 Å². The number of carbonyl (C=O) groups is 4. The molecule has 2 fully saturated rings. The monoisotopic (exact) mass is 983 g/mol. The van der Waals surface area contributed by atoms with E-state index < -0.39 is 23.9 Å². The predicted molar refractivity (Wildman–Crippen MR) is 263 cm³/mol. The summed E-state index contributed by atoms with van der Waals surface area (Å²) in [5.74, 6) is -0.0207. The number of hydrogen-bond acceptors (Lipinski definition) is 14. The average molecular weight is 983 g/mol. The summed E-state index contributed by atoms with van der Waals surface area (Å²) in [6.07, 6.45) is 7.20. The number of morpholine rings is 2. The van der Waals surface area contributed by atoms with Crippen molar-refractivity contribution >= 4 is 35.3 Å². The van der Waals surface area contributed by atoms with Gasteiger partial charge in [-0.2, -0.15) is 10.2 Å². The van der Waals surface area contributed by atoms with E-state index in [4.69, 9.17) is 19.7 Å². The highest BCUT2D eigenvalue weighted by atomic mass is 16.5. The molecule has 22 nitrogen and oxygen atoms in total. The van der Waals surface area contributed by atoms with Gasteiger partial charge < -0.3 is 20.1 Å². The summed E-state index contributed by atoms with van der Waals surface area (Å²) in [5, 5.41) is 24.2. The molecule has 2 unspecified atom stereocenters. The standard InChI is InChI=1S/C50H62N16O6/c1-59-43-28-38(13-7-17-61-21-24-71-25-22-61)55-65(43)19-15-41(49(59)69)54-48(68)46-52-34-64(58-46)31-36-11-6-12-37(27-36)42-32-72-26-23-62(42)18-8-14-39-29-44-60(2)50(70)40(16-20-66(44)56-39)53-47(67)45-51-33-63(57-45)30-35-9-4-3-5-10-35/h3-6,9-12,27-29,33-34,40-42H,7-8,13-26,30-32H2,1-2H3,(H,53,67)(H,54,68)/t40-,41?,42?/m1/s1. The topological polar surface area (TPSA) is 221 Å². The maximum absolute atomic E-state index is 13.6. The van der Waals surface area contributed by atoms with Gasteiger partial charge in [0, 0.05) is 59.0 Å². The molecule has 2 saturated heterocycles. The fraction of sp³-hybridized carbons (Fsp3) is 0.480. The molecule has 4 aromatic heterocycles. The van der Waals surface area contributed by atoms with Crippen LogP contribution >= 0.6 is 0 Å². The van der Waals surface area contributed by atoms with Gasteiger partial charge in [-0.1, -0.05) is 54.6 Å². The molecule has 2 N–H and O–H groups in total. The van der Waals surface area contributed by atoms with Gasteiger partial charge in [-0.05, 0) is 68.3 Å². The van der Waals surface area contributed by atoms with Crippen LogP contribution in [0.5, 0.6) is 0 Å². The van der Waals surface area contributed by atoms with E-state index in [0.29, 0.717) is 58.1 Å². The molecular formula is C50H62N16O6. The van der Waals surface area contributed by atoms with Crippen LogP contribution in [0.25, 0.3) is 0 Å². The number of aryl methyl sites for hydroxylation is 4. The summed E-state index contributed by atoms with van der Waals surface area (Å²) in [6, 6.07) is 20.6. The van der Waals surface area contributed by atoms with Gasteiger partial charge in [0.1, 0.15) is 36.4 Å². The number of aromatic nitrogens is 10. The molecule has 0 aliphatic carbocycles. The van der Waals surface area contributed by atoms with Crippen molar-refractivity contribution in [3.05, 3.63) is 119 Å². The number of anilines is 2. The van der Waals surface area contributed by atoms with Crippen LogP contribution in [0.3, 0.4) is 0 Å². The molecule has 3 atom stereocenters. The number of amides is 4. The summed E-state index contributed by atoms with van der Waals surface area (Å²) < 4.78 is 18.4. The number of hydrogen-bond donors (Lipinski definition) is 2. The van der Waals surface area contributed by atoms with E-state index in [2.05, 4.69) is 52.7 Å². The molecule has 8 heterocycles. The second kappa shape index (κ2) is 22.1. The first-order valence-electron chi connectivity index (χ1n) is 25.0. The van der Waals surface area contributed by atoms with Crippen LogP contribution in [0.4, 0.5) is 11.6 Å². The first-order chi connectivity index (χ1) is 35.1. The lowest BCUT2D eigenvalue weighted by Crippen LogP contribution is -2.47. The Hall–Kier alpha value is -7.14. The van der Waals surface area contributed by atoms with Crippen LogP contribution in [-0.4, -0.2) is 168 Å². The zero-order valence-electron chi connectivity index (χ0n) is 40.9. The second-order valence-corrected chi connectivity index (χ2v) is 18.9. The Morgan fingerprint density at radius 3 is 1.79 bits per heavy atom. The molecule has 6 aromatic rings. The van der Waals surface area contributed by atoms with E-state index in [1.807, 2.05) is 64.0 Å². The highest BCUT2D eigenvalue weighted by molar-refractivity contribution is 6.01. The number of nitrogens with one attached hydrogen (secondary N) is 2. The Morgan fingerprint density at radius 2 is 1.18 bits per heavy atom.